The van der Waals surface area contributed by atoms with Crippen LogP contribution in [0.4, 0.5) is 11.4 Å². The molecular weight excluding hydrogens is 314 g/mol. The normalized spacial score (nSPS) is 14.6. The largest absolute Gasteiger partial charge is 0.504 e. The number of hydrogen-bond donors (Lipinski definition) is 4. The van der Waals surface area contributed by atoms with E-state index in [0.29, 0.717) is 0 Å². The summed E-state index contributed by atoms with van der Waals surface area (Å²) < 4.78 is 0. The Kier molecular flexibility index (Phi) is 4.01. The minimum absolute atomic E-state index is 0.114. The van der Waals surface area contributed by atoms with Crippen LogP contribution in [0, 0.1) is 0 Å². The Bertz CT molecular complexity index is 917. The van der Waals surface area contributed by atoms with E-state index in [1.165, 1.54) is 40.7 Å². The van der Waals surface area contributed by atoms with Gasteiger partial charge in [0.25, 0.3) is 0 Å². The summed E-state index contributed by atoms with van der Waals surface area (Å²) in [5.41, 5.74) is 5.62. The lowest BCUT2D eigenvalue weighted by Gasteiger charge is -2.26. The topological polar surface area (TPSA) is 71.5 Å². The SMILES string of the molecule is CCCN1CCc2[nH]c3ccc(Nc4ccc(O)c(O)c4)cc3c2C1. The molecule has 0 unspecified atom stereocenters. The average Bonchev–Trinajstić information content (AvgIpc) is 2.96. The van der Waals surface area contributed by atoms with Crippen molar-refractivity contribution in [1.29, 1.82) is 0 Å². The lowest BCUT2D eigenvalue weighted by molar-refractivity contribution is 0.255. The summed E-state index contributed by atoms with van der Waals surface area (Å²) in [6.45, 7) is 5.47. The minimum atomic E-state index is -0.125. The zero-order valence-electron chi connectivity index (χ0n) is 14.3. The number of anilines is 2. The summed E-state index contributed by atoms with van der Waals surface area (Å²) in [6.07, 6.45) is 2.24. The number of aromatic amines is 1. The third-order valence-corrected chi connectivity index (χ3v) is 4.86. The van der Waals surface area contributed by atoms with Crippen LogP contribution < -0.4 is 5.32 Å². The molecule has 4 N–H and O–H groups in total. The Labute approximate surface area is 146 Å². The molecule has 0 fully saturated rings. The van der Waals surface area contributed by atoms with Crippen LogP contribution in [-0.4, -0.2) is 33.2 Å². The molecule has 25 heavy (non-hydrogen) atoms. The molecule has 0 saturated carbocycles. The number of phenolic OH excluding ortho intramolecular Hbond substituents is 2. The number of H-pyrrole nitrogens is 1. The van der Waals surface area contributed by atoms with Crippen molar-refractivity contribution in [3.05, 3.63) is 47.7 Å². The van der Waals surface area contributed by atoms with Crippen LogP contribution >= 0.6 is 0 Å². The molecule has 0 bridgehead atoms. The third kappa shape index (κ3) is 3.03. The maximum atomic E-state index is 9.65. The molecule has 0 atom stereocenters. The first-order valence-electron chi connectivity index (χ1n) is 8.79. The van der Waals surface area contributed by atoms with Crippen molar-refractivity contribution in [2.75, 3.05) is 18.4 Å². The predicted octanol–water partition coefficient (Wildman–Crippen LogP) is 4.09. The first kappa shape index (κ1) is 15.8. The van der Waals surface area contributed by atoms with E-state index >= 15 is 0 Å². The van der Waals surface area contributed by atoms with Crippen molar-refractivity contribution in [2.24, 2.45) is 0 Å². The van der Waals surface area contributed by atoms with E-state index in [-0.39, 0.29) is 11.5 Å². The monoisotopic (exact) mass is 337 g/mol. The summed E-state index contributed by atoms with van der Waals surface area (Å²) in [5.74, 6) is -0.239. The molecule has 0 aliphatic carbocycles. The van der Waals surface area contributed by atoms with Gasteiger partial charge in [-0.2, -0.15) is 0 Å². The second-order valence-electron chi connectivity index (χ2n) is 6.70. The summed E-state index contributed by atoms with van der Waals surface area (Å²) in [6, 6.07) is 11.0. The molecule has 0 saturated heterocycles. The zero-order valence-corrected chi connectivity index (χ0v) is 14.3. The summed E-state index contributed by atoms with van der Waals surface area (Å²) in [7, 11) is 0. The van der Waals surface area contributed by atoms with E-state index in [4.69, 9.17) is 0 Å². The highest BCUT2D eigenvalue weighted by Crippen LogP contribution is 2.32. The van der Waals surface area contributed by atoms with Crippen LogP contribution in [0.15, 0.2) is 36.4 Å². The third-order valence-electron chi connectivity index (χ3n) is 4.86. The molecule has 4 rings (SSSR count). The van der Waals surface area contributed by atoms with Crippen molar-refractivity contribution >= 4 is 22.3 Å². The van der Waals surface area contributed by atoms with Crippen molar-refractivity contribution in [3.63, 3.8) is 0 Å². The van der Waals surface area contributed by atoms with Gasteiger partial charge in [-0.3, -0.25) is 4.90 Å². The average molecular weight is 337 g/mol. The highest BCUT2D eigenvalue weighted by Gasteiger charge is 2.20. The van der Waals surface area contributed by atoms with E-state index in [2.05, 4.69) is 34.3 Å². The highest BCUT2D eigenvalue weighted by atomic mass is 16.3. The molecule has 0 radical (unpaired) electrons. The number of nitrogens with zero attached hydrogens (tertiary/aromatic N) is 1. The van der Waals surface area contributed by atoms with Crippen LogP contribution in [0.2, 0.25) is 0 Å². The number of nitrogens with one attached hydrogen (secondary N) is 2. The number of phenols is 2. The van der Waals surface area contributed by atoms with Gasteiger partial charge in [-0.05, 0) is 48.9 Å². The lowest BCUT2D eigenvalue weighted by atomic mass is 10.0. The predicted molar refractivity (Wildman–Crippen MR) is 101 cm³/mol. The van der Waals surface area contributed by atoms with E-state index in [1.54, 1.807) is 6.07 Å². The minimum Gasteiger partial charge on any atom is -0.504 e. The molecule has 5 heteroatoms. The first-order valence-corrected chi connectivity index (χ1v) is 8.79. The van der Waals surface area contributed by atoms with Crippen molar-refractivity contribution in [1.82, 2.24) is 9.88 Å². The van der Waals surface area contributed by atoms with E-state index in [0.717, 1.165) is 37.4 Å². The molecule has 0 spiro atoms. The number of hydrogen-bond acceptors (Lipinski definition) is 4. The quantitative estimate of drug-likeness (QED) is 0.427. The van der Waals surface area contributed by atoms with Crippen LogP contribution in [0.1, 0.15) is 24.6 Å². The Morgan fingerprint density at radius 1 is 1.08 bits per heavy atom. The molecule has 1 aromatic heterocycles. The Morgan fingerprint density at radius 3 is 2.68 bits per heavy atom. The van der Waals surface area contributed by atoms with Gasteiger partial charge in [-0.25, -0.2) is 0 Å². The maximum Gasteiger partial charge on any atom is 0.159 e. The van der Waals surface area contributed by atoms with E-state index in [9.17, 15) is 10.2 Å². The van der Waals surface area contributed by atoms with Gasteiger partial charge in [0.2, 0.25) is 0 Å². The van der Waals surface area contributed by atoms with Gasteiger partial charge in [0.1, 0.15) is 0 Å². The molecule has 2 heterocycles. The molecular formula is C20H23N3O2. The molecule has 2 aromatic carbocycles. The Morgan fingerprint density at radius 2 is 1.88 bits per heavy atom. The van der Waals surface area contributed by atoms with Gasteiger partial charge in [0.15, 0.2) is 11.5 Å². The van der Waals surface area contributed by atoms with Crippen LogP contribution in [0.3, 0.4) is 0 Å². The second kappa shape index (κ2) is 6.33. The van der Waals surface area contributed by atoms with Crippen molar-refractivity contribution in [3.8, 4) is 11.5 Å². The van der Waals surface area contributed by atoms with E-state index in [1.807, 2.05) is 6.07 Å². The first-order chi connectivity index (χ1) is 12.1. The summed E-state index contributed by atoms with van der Waals surface area (Å²) >= 11 is 0. The number of benzene rings is 2. The second-order valence-corrected chi connectivity index (χ2v) is 6.70. The smallest absolute Gasteiger partial charge is 0.159 e. The van der Waals surface area contributed by atoms with Gasteiger partial charge < -0.3 is 20.5 Å². The standard InChI is InChI=1S/C20H23N3O2/c1-2-8-23-9-7-18-16(12-23)15-10-13(3-5-17(15)22-18)21-14-4-6-19(24)20(25)11-14/h3-6,10-11,21-22,24-25H,2,7-9,12H2,1H3. The summed E-state index contributed by atoms with van der Waals surface area (Å²) in [4.78, 5) is 6.07. The van der Waals surface area contributed by atoms with Crippen LogP contribution in [0.5, 0.6) is 11.5 Å². The van der Waals surface area contributed by atoms with Crippen LogP contribution in [0.25, 0.3) is 10.9 Å². The van der Waals surface area contributed by atoms with Gasteiger partial charge >= 0.3 is 0 Å². The fourth-order valence-electron chi connectivity index (χ4n) is 3.62. The molecule has 1 aliphatic heterocycles. The van der Waals surface area contributed by atoms with Crippen LogP contribution in [-0.2, 0) is 13.0 Å². The van der Waals surface area contributed by atoms with Gasteiger partial charge in [0.05, 0.1) is 0 Å². The fraction of sp³-hybridized carbons (Fsp3) is 0.300. The zero-order chi connectivity index (χ0) is 17.4. The van der Waals surface area contributed by atoms with E-state index < -0.39 is 0 Å². The molecule has 1 aliphatic rings. The number of aromatic nitrogens is 1. The molecule has 5 nitrogen and oxygen atoms in total. The van der Waals surface area contributed by atoms with Gasteiger partial charge in [-0.15, -0.1) is 0 Å². The highest BCUT2D eigenvalue weighted by molar-refractivity contribution is 5.88. The Hall–Kier alpha value is -2.66. The molecule has 130 valence electrons. The number of rotatable bonds is 4. The summed E-state index contributed by atoms with van der Waals surface area (Å²) in [5, 5.41) is 23.6. The molecule has 0 amide bonds. The lowest BCUT2D eigenvalue weighted by Crippen LogP contribution is -2.30. The molecule has 3 aromatic rings. The number of fused-ring (bicyclic) bond motifs is 3. The van der Waals surface area contributed by atoms with Gasteiger partial charge in [-0.1, -0.05) is 6.92 Å². The Balaban J connectivity index is 1.65. The van der Waals surface area contributed by atoms with Crippen molar-refractivity contribution < 1.29 is 10.2 Å². The van der Waals surface area contributed by atoms with Crippen molar-refractivity contribution in [2.45, 2.75) is 26.3 Å². The maximum absolute atomic E-state index is 9.65. The number of aromatic hydroxyl groups is 2. The fourth-order valence-corrected chi connectivity index (χ4v) is 3.62. The van der Waals surface area contributed by atoms with Gasteiger partial charge in [0, 0.05) is 53.5 Å².